The van der Waals surface area contributed by atoms with Crippen molar-refractivity contribution in [2.75, 3.05) is 24.6 Å². The van der Waals surface area contributed by atoms with Crippen molar-refractivity contribution in [2.45, 2.75) is 32.2 Å². The predicted octanol–water partition coefficient (Wildman–Crippen LogP) is 2.81. The second-order valence-corrected chi connectivity index (χ2v) is 7.89. The first-order valence-corrected chi connectivity index (χ1v) is 9.81. The van der Waals surface area contributed by atoms with Gasteiger partial charge in [-0.1, -0.05) is 42.5 Å². The molecule has 2 aliphatic heterocycles. The number of fused-ring (bicyclic) bond motifs is 5. The molecule has 0 radical (unpaired) electrons. The second-order valence-electron chi connectivity index (χ2n) is 7.89. The van der Waals surface area contributed by atoms with Gasteiger partial charge in [0.1, 0.15) is 13.1 Å². The normalized spacial score (nSPS) is 19.8. The van der Waals surface area contributed by atoms with Gasteiger partial charge in [0.05, 0.1) is 18.1 Å². The molecule has 1 unspecified atom stereocenters. The van der Waals surface area contributed by atoms with Crippen molar-refractivity contribution in [3.63, 3.8) is 0 Å². The van der Waals surface area contributed by atoms with E-state index in [4.69, 9.17) is 4.74 Å². The molecule has 6 heteroatoms. The van der Waals surface area contributed by atoms with E-state index < -0.39 is 11.4 Å². The Labute approximate surface area is 170 Å². The predicted molar refractivity (Wildman–Crippen MR) is 108 cm³/mol. The van der Waals surface area contributed by atoms with E-state index in [0.717, 1.165) is 16.7 Å². The number of benzene rings is 2. The Bertz CT molecular complexity index is 998. The lowest BCUT2D eigenvalue weighted by molar-refractivity contribution is -0.143. The summed E-state index contributed by atoms with van der Waals surface area (Å²) in [7, 11) is 0. The number of hydrogen-bond acceptors (Lipinski definition) is 4. The Morgan fingerprint density at radius 1 is 1.07 bits per heavy atom. The summed E-state index contributed by atoms with van der Waals surface area (Å²) in [6.07, 6.45) is 0. The number of carbonyl (C=O) groups is 3. The highest BCUT2D eigenvalue weighted by Gasteiger charge is 2.48. The lowest BCUT2D eigenvalue weighted by Crippen LogP contribution is -2.52. The molecule has 2 heterocycles. The standard InChI is InChI=1S/C23H24N2O4/c1-4-29-20(27)14-24-18-12-8-6-10-16(18)21-15-9-5-7-11-17(15)23(2,3)22(28)25(21)13-19(24)26/h5-12,21H,4,13-14H2,1-3H3. The zero-order valence-corrected chi connectivity index (χ0v) is 16.8. The molecule has 150 valence electrons. The van der Waals surface area contributed by atoms with E-state index in [1.165, 1.54) is 4.90 Å². The van der Waals surface area contributed by atoms with Gasteiger partial charge in [0.2, 0.25) is 11.8 Å². The van der Waals surface area contributed by atoms with Crippen LogP contribution in [0, 0.1) is 0 Å². The minimum absolute atomic E-state index is 0.0879. The number of ether oxygens (including phenoxy) is 1. The van der Waals surface area contributed by atoms with Crippen LogP contribution in [0.25, 0.3) is 0 Å². The number of anilines is 1. The van der Waals surface area contributed by atoms with Crippen LogP contribution < -0.4 is 4.90 Å². The smallest absolute Gasteiger partial charge is 0.326 e. The highest BCUT2D eigenvalue weighted by Crippen LogP contribution is 2.46. The molecule has 0 fully saturated rings. The Morgan fingerprint density at radius 2 is 1.72 bits per heavy atom. The van der Waals surface area contributed by atoms with Crippen LogP contribution in [0.2, 0.25) is 0 Å². The molecular weight excluding hydrogens is 368 g/mol. The van der Waals surface area contributed by atoms with Crippen molar-refractivity contribution in [1.82, 2.24) is 4.90 Å². The number of amides is 2. The van der Waals surface area contributed by atoms with Gasteiger partial charge in [-0.05, 0) is 38.0 Å². The van der Waals surface area contributed by atoms with E-state index in [2.05, 4.69) is 0 Å². The molecule has 1 atom stereocenters. The molecule has 0 bridgehead atoms. The van der Waals surface area contributed by atoms with Crippen molar-refractivity contribution in [3.8, 4) is 0 Å². The van der Waals surface area contributed by atoms with Gasteiger partial charge in [0, 0.05) is 11.3 Å². The summed E-state index contributed by atoms with van der Waals surface area (Å²) in [6, 6.07) is 15.0. The SMILES string of the molecule is CCOC(=O)CN1C(=O)CN2C(=O)C(C)(C)c3ccccc3C2c2ccccc21. The number of para-hydroxylation sites is 1. The van der Waals surface area contributed by atoms with E-state index in [9.17, 15) is 14.4 Å². The van der Waals surface area contributed by atoms with Crippen LogP contribution in [-0.2, 0) is 24.5 Å². The van der Waals surface area contributed by atoms with Gasteiger partial charge < -0.3 is 9.64 Å². The third-order valence-corrected chi connectivity index (χ3v) is 5.76. The molecule has 2 aromatic rings. The Hall–Kier alpha value is -3.15. The Balaban J connectivity index is 1.90. The summed E-state index contributed by atoms with van der Waals surface area (Å²) in [4.78, 5) is 41.9. The van der Waals surface area contributed by atoms with E-state index in [0.29, 0.717) is 5.69 Å². The molecule has 2 amide bonds. The fraction of sp³-hybridized carbons (Fsp3) is 0.348. The summed E-state index contributed by atoms with van der Waals surface area (Å²) >= 11 is 0. The molecular formula is C23H24N2O4. The third-order valence-electron chi connectivity index (χ3n) is 5.76. The zero-order chi connectivity index (χ0) is 20.8. The van der Waals surface area contributed by atoms with E-state index >= 15 is 0 Å². The van der Waals surface area contributed by atoms with E-state index in [1.54, 1.807) is 11.8 Å². The van der Waals surface area contributed by atoms with Crippen molar-refractivity contribution < 1.29 is 19.1 Å². The molecule has 2 aromatic carbocycles. The molecule has 0 aliphatic carbocycles. The molecule has 29 heavy (non-hydrogen) atoms. The minimum Gasteiger partial charge on any atom is -0.465 e. The maximum atomic E-state index is 13.4. The molecule has 4 rings (SSSR count). The second kappa shape index (κ2) is 7.03. The molecule has 6 nitrogen and oxygen atoms in total. The highest BCUT2D eigenvalue weighted by molar-refractivity contribution is 6.03. The van der Waals surface area contributed by atoms with Crippen molar-refractivity contribution >= 4 is 23.5 Å². The molecule has 0 N–H and O–H groups in total. The molecule has 0 aromatic heterocycles. The van der Waals surface area contributed by atoms with Gasteiger partial charge in [-0.3, -0.25) is 19.3 Å². The van der Waals surface area contributed by atoms with Crippen molar-refractivity contribution in [1.29, 1.82) is 0 Å². The topological polar surface area (TPSA) is 66.9 Å². The number of hydrogen-bond donors (Lipinski definition) is 0. The maximum Gasteiger partial charge on any atom is 0.326 e. The van der Waals surface area contributed by atoms with Gasteiger partial charge in [-0.2, -0.15) is 0 Å². The maximum absolute atomic E-state index is 13.4. The monoisotopic (exact) mass is 392 g/mol. The highest BCUT2D eigenvalue weighted by atomic mass is 16.5. The Morgan fingerprint density at radius 3 is 2.45 bits per heavy atom. The van der Waals surface area contributed by atoms with Gasteiger partial charge in [-0.25, -0.2) is 0 Å². The minimum atomic E-state index is -0.737. The van der Waals surface area contributed by atoms with Crippen LogP contribution in [0.4, 0.5) is 5.69 Å². The quantitative estimate of drug-likeness (QED) is 0.754. The van der Waals surface area contributed by atoms with Crippen LogP contribution in [0.15, 0.2) is 48.5 Å². The van der Waals surface area contributed by atoms with Crippen molar-refractivity contribution in [3.05, 3.63) is 65.2 Å². The lowest BCUT2D eigenvalue weighted by Gasteiger charge is -2.43. The summed E-state index contributed by atoms with van der Waals surface area (Å²) in [5.41, 5.74) is 2.71. The third kappa shape index (κ3) is 2.99. The number of carbonyl (C=O) groups excluding carboxylic acids is 3. The van der Waals surface area contributed by atoms with Crippen LogP contribution in [0.5, 0.6) is 0 Å². The number of esters is 1. The van der Waals surface area contributed by atoms with Crippen LogP contribution in [-0.4, -0.2) is 42.4 Å². The fourth-order valence-electron chi connectivity index (χ4n) is 4.40. The largest absolute Gasteiger partial charge is 0.465 e. The average molecular weight is 392 g/mol. The van der Waals surface area contributed by atoms with Gasteiger partial charge in [0.15, 0.2) is 0 Å². The first kappa shape index (κ1) is 19.2. The lowest BCUT2D eigenvalue weighted by atomic mass is 9.73. The van der Waals surface area contributed by atoms with Crippen LogP contribution in [0.1, 0.15) is 43.5 Å². The molecule has 0 saturated heterocycles. The first-order chi connectivity index (χ1) is 13.9. The summed E-state index contributed by atoms with van der Waals surface area (Å²) in [5.74, 6) is -0.860. The number of rotatable bonds is 3. The van der Waals surface area contributed by atoms with E-state index in [1.807, 2.05) is 62.4 Å². The van der Waals surface area contributed by atoms with E-state index in [-0.39, 0.29) is 37.6 Å². The first-order valence-electron chi connectivity index (χ1n) is 9.81. The average Bonchev–Trinajstić information content (AvgIpc) is 2.82. The molecule has 0 spiro atoms. The summed E-state index contributed by atoms with van der Waals surface area (Å²) < 4.78 is 5.06. The zero-order valence-electron chi connectivity index (χ0n) is 16.8. The summed E-state index contributed by atoms with van der Waals surface area (Å²) in [6.45, 7) is 5.49. The molecule has 2 aliphatic rings. The van der Waals surface area contributed by atoms with Gasteiger partial charge >= 0.3 is 5.97 Å². The van der Waals surface area contributed by atoms with Crippen molar-refractivity contribution in [2.24, 2.45) is 0 Å². The Kier molecular flexibility index (Phi) is 4.65. The van der Waals surface area contributed by atoms with Gasteiger partial charge in [-0.15, -0.1) is 0 Å². The van der Waals surface area contributed by atoms with Crippen LogP contribution >= 0.6 is 0 Å². The van der Waals surface area contributed by atoms with Crippen LogP contribution in [0.3, 0.4) is 0 Å². The molecule has 0 saturated carbocycles. The summed E-state index contributed by atoms with van der Waals surface area (Å²) in [5, 5.41) is 0. The van der Waals surface area contributed by atoms with Gasteiger partial charge in [0.25, 0.3) is 0 Å². The number of nitrogens with zero attached hydrogens (tertiary/aromatic N) is 2. The fourth-order valence-corrected chi connectivity index (χ4v) is 4.40.